The fourth-order valence-electron chi connectivity index (χ4n) is 2.02. The maximum Gasteiger partial charge on any atom is 0.264 e. The summed E-state index contributed by atoms with van der Waals surface area (Å²) < 4.78 is 32.7. The van der Waals surface area contributed by atoms with Gasteiger partial charge in [0.25, 0.3) is 10.0 Å². The molecule has 0 aliphatic carbocycles. The van der Waals surface area contributed by atoms with Crippen LogP contribution in [0.15, 0.2) is 23.4 Å². The highest BCUT2D eigenvalue weighted by Gasteiger charge is 2.23. The van der Waals surface area contributed by atoms with Crippen LogP contribution in [0.5, 0.6) is 5.75 Å². The third-order valence-electron chi connectivity index (χ3n) is 3.08. The average molecular weight is 310 g/mol. The summed E-state index contributed by atoms with van der Waals surface area (Å²) in [6, 6.07) is 3.36. The first-order valence-electron chi connectivity index (χ1n) is 6.42. The number of rotatable bonds is 5. The number of hydrogen-bond acceptors (Lipinski definition) is 5. The van der Waals surface area contributed by atoms with Crippen LogP contribution in [-0.2, 0) is 10.0 Å². The van der Waals surface area contributed by atoms with Crippen LogP contribution in [0.2, 0.25) is 0 Å². The Labute approximate surface area is 123 Å². The van der Waals surface area contributed by atoms with Crippen molar-refractivity contribution in [2.75, 3.05) is 11.8 Å². The number of aromatic nitrogens is 3. The molecule has 2 N–H and O–H groups in total. The van der Waals surface area contributed by atoms with Crippen LogP contribution in [0.1, 0.15) is 30.9 Å². The van der Waals surface area contributed by atoms with Crippen molar-refractivity contribution in [3.8, 4) is 5.75 Å². The van der Waals surface area contributed by atoms with Crippen molar-refractivity contribution in [2.45, 2.75) is 31.6 Å². The largest absolute Gasteiger partial charge is 0.496 e. The third-order valence-corrected chi connectivity index (χ3v) is 4.48. The van der Waals surface area contributed by atoms with Gasteiger partial charge in [0.1, 0.15) is 12.1 Å². The van der Waals surface area contributed by atoms with Gasteiger partial charge in [-0.1, -0.05) is 13.8 Å². The van der Waals surface area contributed by atoms with E-state index in [1.54, 1.807) is 26.2 Å². The normalized spacial score (nSPS) is 11.7. The van der Waals surface area contributed by atoms with E-state index in [4.69, 9.17) is 4.74 Å². The molecule has 0 atom stereocenters. The highest BCUT2D eigenvalue weighted by atomic mass is 32.2. The third kappa shape index (κ3) is 3.15. The molecule has 0 spiro atoms. The van der Waals surface area contributed by atoms with E-state index < -0.39 is 10.0 Å². The number of hydrogen-bond donors (Lipinski definition) is 2. The minimum absolute atomic E-state index is 0.0285. The second kappa shape index (κ2) is 5.72. The number of sulfonamides is 1. The van der Waals surface area contributed by atoms with Crippen molar-refractivity contribution < 1.29 is 13.2 Å². The number of ether oxygens (including phenoxy) is 1. The molecule has 0 radical (unpaired) electrons. The molecular formula is C13H18N4O3S. The minimum Gasteiger partial charge on any atom is -0.496 e. The summed E-state index contributed by atoms with van der Waals surface area (Å²) in [6.45, 7) is 5.66. The van der Waals surface area contributed by atoms with E-state index in [1.807, 2.05) is 13.8 Å². The molecule has 0 saturated heterocycles. The van der Waals surface area contributed by atoms with Gasteiger partial charge in [0.2, 0.25) is 5.95 Å². The Kier molecular flexibility index (Phi) is 4.17. The van der Waals surface area contributed by atoms with Crippen molar-refractivity contribution in [1.29, 1.82) is 0 Å². The van der Waals surface area contributed by atoms with Gasteiger partial charge in [-0.25, -0.2) is 18.2 Å². The topological polar surface area (TPSA) is 97.0 Å². The Morgan fingerprint density at radius 2 is 2.05 bits per heavy atom. The van der Waals surface area contributed by atoms with Gasteiger partial charge >= 0.3 is 0 Å². The first kappa shape index (κ1) is 15.3. The monoisotopic (exact) mass is 310 g/mol. The molecule has 1 aromatic carbocycles. The molecule has 2 rings (SSSR count). The van der Waals surface area contributed by atoms with Crippen molar-refractivity contribution in [1.82, 2.24) is 15.2 Å². The molecule has 0 saturated carbocycles. The molecule has 1 aromatic heterocycles. The van der Waals surface area contributed by atoms with E-state index in [-0.39, 0.29) is 16.8 Å². The van der Waals surface area contributed by atoms with Crippen molar-refractivity contribution in [2.24, 2.45) is 0 Å². The second-order valence-electron chi connectivity index (χ2n) is 4.95. The SMILES string of the molecule is COc1cc(C(C)C)c(S(=O)(=O)Nc2ncn[nH]2)cc1C. The zero-order chi connectivity index (χ0) is 15.6. The molecule has 1 heterocycles. The lowest BCUT2D eigenvalue weighted by atomic mass is 10.0. The fraction of sp³-hybridized carbons (Fsp3) is 0.385. The highest BCUT2D eigenvalue weighted by Crippen LogP contribution is 2.31. The summed E-state index contributed by atoms with van der Waals surface area (Å²) in [5.41, 5.74) is 1.43. The average Bonchev–Trinajstić information content (AvgIpc) is 2.90. The lowest BCUT2D eigenvalue weighted by Crippen LogP contribution is -2.17. The lowest BCUT2D eigenvalue weighted by Gasteiger charge is -2.16. The van der Waals surface area contributed by atoms with Crippen molar-refractivity contribution in [3.05, 3.63) is 29.6 Å². The highest BCUT2D eigenvalue weighted by molar-refractivity contribution is 7.92. The number of anilines is 1. The summed E-state index contributed by atoms with van der Waals surface area (Å²) in [6.07, 6.45) is 1.24. The van der Waals surface area contributed by atoms with E-state index in [2.05, 4.69) is 19.9 Å². The van der Waals surface area contributed by atoms with Crippen LogP contribution in [0.25, 0.3) is 0 Å². The van der Waals surface area contributed by atoms with Crippen molar-refractivity contribution in [3.63, 3.8) is 0 Å². The van der Waals surface area contributed by atoms with E-state index in [9.17, 15) is 8.42 Å². The van der Waals surface area contributed by atoms with Crippen LogP contribution in [0.3, 0.4) is 0 Å². The molecule has 8 heteroatoms. The molecule has 0 aliphatic heterocycles. The number of aryl methyl sites for hydroxylation is 1. The summed E-state index contributed by atoms with van der Waals surface area (Å²) >= 11 is 0. The van der Waals surface area contributed by atoms with Gasteiger partial charge < -0.3 is 4.74 Å². The lowest BCUT2D eigenvalue weighted by molar-refractivity contribution is 0.410. The van der Waals surface area contributed by atoms with Crippen LogP contribution >= 0.6 is 0 Å². The molecule has 0 fully saturated rings. The summed E-state index contributed by atoms with van der Waals surface area (Å²) in [7, 11) is -2.18. The predicted molar refractivity (Wildman–Crippen MR) is 79.0 cm³/mol. The Bertz CT molecular complexity index is 724. The van der Waals surface area contributed by atoms with Gasteiger partial charge in [-0.2, -0.15) is 10.1 Å². The van der Waals surface area contributed by atoms with Gasteiger partial charge in [-0.15, -0.1) is 0 Å². The molecule has 7 nitrogen and oxygen atoms in total. The van der Waals surface area contributed by atoms with Crippen LogP contribution in [0, 0.1) is 6.92 Å². The first-order valence-corrected chi connectivity index (χ1v) is 7.90. The smallest absolute Gasteiger partial charge is 0.264 e. The Hall–Kier alpha value is -2.09. The van der Waals surface area contributed by atoms with E-state index in [0.29, 0.717) is 11.3 Å². The van der Waals surface area contributed by atoms with E-state index in [1.165, 1.54) is 6.33 Å². The molecule has 0 unspecified atom stereocenters. The number of benzene rings is 1. The number of H-pyrrole nitrogens is 1. The molecular weight excluding hydrogens is 292 g/mol. The van der Waals surface area contributed by atoms with E-state index in [0.717, 1.165) is 5.56 Å². The number of methoxy groups -OCH3 is 1. The Morgan fingerprint density at radius 3 is 2.57 bits per heavy atom. The molecule has 2 aromatic rings. The maximum absolute atomic E-state index is 12.5. The zero-order valence-electron chi connectivity index (χ0n) is 12.3. The molecule has 0 bridgehead atoms. The molecule has 0 aliphatic rings. The van der Waals surface area contributed by atoms with Gasteiger partial charge in [0.15, 0.2) is 0 Å². The quantitative estimate of drug-likeness (QED) is 0.881. The summed E-state index contributed by atoms with van der Waals surface area (Å²) in [5.74, 6) is 0.774. The van der Waals surface area contributed by atoms with Crippen LogP contribution < -0.4 is 9.46 Å². The van der Waals surface area contributed by atoms with Gasteiger partial charge in [-0.3, -0.25) is 0 Å². The fourth-order valence-corrected chi connectivity index (χ4v) is 3.42. The van der Waals surface area contributed by atoms with Gasteiger partial charge in [0.05, 0.1) is 12.0 Å². The Morgan fingerprint density at radius 1 is 1.33 bits per heavy atom. The number of nitrogens with zero attached hydrogens (tertiary/aromatic N) is 2. The maximum atomic E-state index is 12.5. The number of aromatic amines is 1. The van der Waals surface area contributed by atoms with E-state index >= 15 is 0 Å². The molecule has 114 valence electrons. The summed E-state index contributed by atoms with van der Waals surface area (Å²) in [4.78, 5) is 3.99. The molecule has 0 amide bonds. The minimum atomic E-state index is -3.75. The first-order chi connectivity index (χ1) is 9.85. The molecule has 21 heavy (non-hydrogen) atoms. The van der Waals surface area contributed by atoms with Crippen molar-refractivity contribution >= 4 is 16.0 Å². The van der Waals surface area contributed by atoms with Crippen LogP contribution in [0.4, 0.5) is 5.95 Å². The predicted octanol–water partition coefficient (Wildman–Crippen LogP) is 2.05. The van der Waals surface area contributed by atoms with Gasteiger partial charge in [0, 0.05) is 0 Å². The zero-order valence-corrected chi connectivity index (χ0v) is 13.2. The van der Waals surface area contributed by atoms with Crippen LogP contribution in [-0.4, -0.2) is 30.7 Å². The summed E-state index contributed by atoms with van der Waals surface area (Å²) in [5, 5.41) is 6.09. The van der Waals surface area contributed by atoms with Gasteiger partial charge in [-0.05, 0) is 36.1 Å². The second-order valence-corrected chi connectivity index (χ2v) is 6.60. The Balaban J connectivity index is 2.53. The standard InChI is InChI=1S/C13H18N4O3S/c1-8(2)10-6-11(20-4)9(3)5-12(10)21(18,19)17-13-14-7-15-16-13/h5-8H,1-4H3,(H2,14,15,16,17). The number of nitrogens with one attached hydrogen (secondary N) is 2.